The molecule has 0 atom stereocenters. The van der Waals surface area contributed by atoms with E-state index in [1.165, 1.54) is 0 Å². The number of aliphatic imine (C=N–C) groups is 1. The molecule has 0 aliphatic rings. The van der Waals surface area contributed by atoms with Gasteiger partial charge in [0, 0.05) is 18.0 Å². The van der Waals surface area contributed by atoms with Crippen LogP contribution in [0.5, 0.6) is 11.5 Å². The van der Waals surface area contributed by atoms with Crippen molar-refractivity contribution in [2.75, 3.05) is 26.8 Å². The summed E-state index contributed by atoms with van der Waals surface area (Å²) in [6.45, 7) is 8.90. The van der Waals surface area contributed by atoms with Gasteiger partial charge in [0.05, 0.1) is 25.9 Å². The molecule has 0 spiro atoms. The van der Waals surface area contributed by atoms with E-state index >= 15 is 0 Å². The van der Waals surface area contributed by atoms with Crippen LogP contribution in [-0.4, -0.2) is 37.7 Å². The van der Waals surface area contributed by atoms with Crippen molar-refractivity contribution in [3.05, 3.63) is 40.3 Å². The fourth-order valence-electron chi connectivity index (χ4n) is 2.18. The lowest BCUT2D eigenvalue weighted by Crippen LogP contribution is -2.39. The first-order valence-electron chi connectivity index (χ1n) is 8.85. The van der Waals surface area contributed by atoms with Crippen molar-refractivity contribution in [1.82, 2.24) is 15.6 Å². The van der Waals surface area contributed by atoms with Crippen LogP contribution in [0, 0.1) is 0 Å². The van der Waals surface area contributed by atoms with Crippen LogP contribution in [0.15, 0.2) is 34.6 Å². The molecule has 0 unspecified atom stereocenters. The predicted octanol–water partition coefficient (Wildman–Crippen LogP) is 3.41. The standard InChI is InChI=1S/C19H28N4O2S/c1-5-20-19(22-12-18-23-17(13-26-18)14(2)3)21-9-10-25-16-8-6-7-15(11-16)24-4/h6-8,11,13-14H,5,9-10,12H2,1-4H3,(H2,20,21,22). The zero-order valence-electron chi connectivity index (χ0n) is 15.9. The van der Waals surface area contributed by atoms with Crippen LogP contribution in [0.4, 0.5) is 0 Å². The van der Waals surface area contributed by atoms with E-state index in [4.69, 9.17) is 9.47 Å². The van der Waals surface area contributed by atoms with Crippen LogP contribution in [0.3, 0.4) is 0 Å². The predicted molar refractivity (Wildman–Crippen MR) is 108 cm³/mol. The van der Waals surface area contributed by atoms with Gasteiger partial charge in [-0.3, -0.25) is 0 Å². The summed E-state index contributed by atoms with van der Waals surface area (Å²) in [4.78, 5) is 9.21. The molecule has 0 amide bonds. The van der Waals surface area contributed by atoms with Crippen molar-refractivity contribution >= 4 is 17.3 Å². The third-order valence-electron chi connectivity index (χ3n) is 3.58. The summed E-state index contributed by atoms with van der Waals surface area (Å²) in [7, 11) is 1.65. The molecule has 0 saturated carbocycles. The number of guanidine groups is 1. The summed E-state index contributed by atoms with van der Waals surface area (Å²) >= 11 is 1.66. The highest BCUT2D eigenvalue weighted by atomic mass is 32.1. The summed E-state index contributed by atoms with van der Waals surface area (Å²) in [5.74, 6) is 2.79. The van der Waals surface area contributed by atoms with Gasteiger partial charge in [-0.15, -0.1) is 11.3 Å². The topological polar surface area (TPSA) is 67.8 Å². The molecule has 0 fully saturated rings. The van der Waals surface area contributed by atoms with E-state index in [2.05, 4.69) is 39.8 Å². The Balaban J connectivity index is 1.80. The van der Waals surface area contributed by atoms with Crippen molar-refractivity contribution in [2.24, 2.45) is 4.99 Å². The minimum atomic E-state index is 0.448. The molecule has 1 heterocycles. The number of methoxy groups -OCH3 is 1. The number of nitrogens with zero attached hydrogens (tertiary/aromatic N) is 2. The maximum absolute atomic E-state index is 5.73. The molecule has 0 bridgehead atoms. The number of aromatic nitrogens is 1. The Morgan fingerprint density at radius 3 is 2.77 bits per heavy atom. The SMILES string of the molecule is CCNC(=NCc1nc(C(C)C)cs1)NCCOc1cccc(OC)c1. The molecule has 2 N–H and O–H groups in total. The van der Waals surface area contributed by atoms with Crippen molar-refractivity contribution < 1.29 is 9.47 Å². The quantitative estimate of drug-likeness (QED) is 0.399. The number of thiazole rings is 1. The largest absolute Gasteiger partial charge is 0.497 e. The molecular weight excluding hydrogens is 348 g/mol. The first-order valence-corrected chi connectivity index (χ1v) is 9.73. The molecule has 0 aliphatic heterocycles. The monoisotopic (exact) mass is 376 g/mol. The summed E-state index contributed by atoms with van der Waals surface area (Å²) in [5, 5.41) is 9.65. The lowest BCUT2D eigenvalue weighted by molar-refractivity contribution is 0.319. The second-order valence-electron chi connectivity index (χ2n) is 5.97. The summed E-state index contributed by atoms with van der Waals surface area (Å²) in [6, 6.07) is 7.58. The van der Waals surface area contributed by atoms with Crippen LogP contribution in [0.2, 0.25) is 0 Å². The van der Waals surface area contributed by atoms with E-state index in [9.17, 15) is 0 Å². The van der Waals surface area contributed by atoms with Gasteiger partial charge in [0.2, 0.25) is 0 Å². The van der Waals surface area contributed by atoms with Crippen LogP contribution >= 0.6 is 11.3 Å². The molecule has 1 aromatic heterocycles. The van der Waals surface area contributed by atoms with Gasteiger partial charge in [0.1, 0.15) is 23.1 Å². The van der Waals surface area contributed by atoms with Gasteiger partial charge in [-0.2, -0.15) is 0 Å². The molecule has 0 radical (unpaired) electrons. The van der Waals surface area contributed by atoms with E-state index in [0.29, 0.717) is 25.6 Å². The van der Waals surface area contributed by atoms with Gasteiger partial charge in [-0.05, 0) is 25.0 Å². The molecule has 7 heteroatoms. The van der Waals surface area contributed by atoms with E-state index < -0.39 is 0 Å². The van der Waals surface area contributed by atoms with Crippen LogP contribution < -0.4 is 20.1 Å². The molecule has 142 valence electrons. The van der Waals surface area contributed by atoms with Gasteiger partial charge in [0.25, 0.3) is 0 Å². The third kappa shape index (κ3) is 6.55. The van der Waals surface area contributed by atoms with E-state index in [1.807, 2.05) is 31.2 Å². The third-order valence-corrected chi connectivity index (χ3v) is 4.43. The van der Waals surface area contributed by atoms with Crippen molar-refractivity contribution in [2.45, 2.75) is 33.2 Å². The van der Waals surface area contributed by atoms with E-state index in [0.717, 1.165) is 34.7 Å². The number of rotatable bonds is 9. The number of nitrogens with one attached hydrogen (secondary N) is 2. The number of ether oxygens (including phenoxy) is 2. The first-order chi connectivity index (χ1) is 12.6. The molecule has 2 rings (SSSR count). The Kier molecular flexibility index (Phi) is 8.21. The highest BCUT2D eigenvalue weighted by Crippen LogP contribution is 2.19. The van der Waals surface area contributed by atoms with Crippen LogP contribution in [0.25, 0.3) is 0 Å². The minimum Gasteiger partial charge on any atom is -0.497 e. The Morgan fingerprint density at radius 1 is 1.27 bits per heavy atom. The highest BCUT2D eigenvalue weighted by molar-refractivity contribution is 7.09. The zero-order valence-corrected chi connectivity index (χ0v) is 16.7. The van der Waals surface area contributed by atoms with Crippen molar-refractivity contribution in [3.63, 3.8) is 0 Å². The fourth-order valence-corrected chi connectivity index (χ4v) is 3.06. The fraction of sp³-hybridized carbons (Fsp3) is 0.474. The Bertz CT molecular complexity index is 700. The summed E-state index contributed by atoms with van der Waals surface area (Å²) in [6.07, 6.45) is 0. The van der Waals surface area contributed by atoms with Crippen molar-refractivity contribution in [3.8, 4) is 11.5 Å². The van der Waals surface area contributed by atoms with E-state index in [-0.39, 0.29) is 0 Å². The van der Waals surface area contributed by atoms with Gasteiger partial charge in [-0.1, -0.05) is 19.9 Å². The summed E-state index contributed by atoms with van der Waals surface area (Å²) in [5.41, 5.74) is 1.13. The molecule has 2 aromatic rings. The normalized spacial score (nSPS) is 11.5. The Morgan fingerprint density at radius 2 is 2.08 bits per heavy atom. The van der Waals surface area contributed by atoms with Crippen molar-refractivity contribution in [1.29, 1.82) is 0 Å². The van der Waals surface area contributed by atoms with Gasteiger partial charge in [0.15, 0.2) is 5.96 Å². The lowest BCUT2D eigenvalue weighted by atomic mass is 10.2. The number of hydrogen-bond acceptors (Lipinski definition) is 5. The molecule has 6 nitrogen and oxygen atoms in total. The number of benzene rings is 1. The molecule has 1 aromatic carbocycles. The Labute approximate surface area is 159 Å². The zero-order chi connectivity index (χ0) is 18.8. The average Bonchev–Trinajstić information content (AvgIpc) is 3.12. The molecule has 26 heavy (non-hydrogen) atoms. The molecular formula is C19H28N4O2S. The highest BCUT2D eigenvalue weighted by Gasteiger charge is 2.05. The second kappa shape index (κ2) is 10.7. The van der Waals surface area contributed by atoms with Crippen LogP contribution in [0.1, 0.15) is 37.4 Å². The second-order valence-corrected chi connectivity index (χ2v) is 6.91. The number of hydrogen-bond donors (Lipinski definition) is 2. The Hall–Kier alpha value is -2.28. The van der Waals surface area contributed by atoms with Gasteiger partial charge in [-0.25, -0.2) is 9.98 Å². The first kappa shape index (κ1) is 20.0. The lowest BCUT2D eigenvalue weighted by Gasteiger charge is -2.12. The average molecular weight is 377 g/mol. The maximum atomic E-state index is 5.73. The molecule has 0 aliphatic carbocycles. The maximum Gasteiger partial charge on any atom is 0.191 e. The van der Waals surface area contributed by atoms with E-state index in [1.54, 1.807) is 18.4 Å². The minimum absolute atomic E-state index is 0.448. The van der Waals surface area contributed by atoms with Crippen LogP contribution in [-0.2, 0) is 6.54 Å². The summed E-state index contributed by atoms with van der Waals surface area (Å²) < 4.78 is 10.9. The smallest absolute Gasteiger partial charge is 0.191 e. The van der Waals surface area contributed by atoms with Gasteiger partial charge < -0.3 is 20.1 Å². The van der Waals surface area contributed by atoms with Gasteiger partial charge >= 0.3 is 0 Å². The molecule has 0 saturated heterocycles.